The number of carbonyl (C=O) groups excluding carboxylic acids is 1. The van der Waals surface area contributed by atoms with E-state index in [-0.39, 0.29) is 15.6 Å². The summed E-state index contributed by atoms with van der Waals surface area (Å²) in [5.74, 6) is 5.20. The van der Waals surface area contributed by atoms with Gasteiger partial charge in [0.25, 0.3) is 5.91 Å². The lowest BCUT2D eigenvalue weighted by Crippen LogP contribution is -2.14. The molecule has 0 radical (unpaired) electrons. The number of aryl methyl sites for hydroxylation is 1. The Labute approximate surface area is 148 Å². The van der Waals surface area contributed by atoms with Crippen LogP contribution in [0.2, 0.25) is 10.0 Å². The first kappa shape index (κ1) is 16.5. The number of nitrogens with two attached hydrogens (primary N) is 1. The Morgan fingerprint density at radius 1 is 1.12 bits per heavy atom. The zero-order chi connectivity index (χ0) is 17.3. The monoisotopic (exact) mass is 360 g/mol. The van der Waals surface area contributed by atoms with E-state index in [0.717, 1.165) is 16.6 Å². The molecule has 0 spiro atoms. The number of amides is 1. The van der Waals surface area contributed by atoms with Crippen molar-refractivity contribution in [1.29, 1.82) is 0 Å². The van der Waals surface area contributed by atoms with Crippen LogP contribution in [0.3, 0.4) is 0 Å². The van der Waals surface area contributed by atoms with Gasteiger partial charge >= 0.3 is 0 Å². The molecule has 24 heavy (non-hydrogen) atoms. The first-order valence-electron chi connectivity index (χ1n) is 7.13. The number of hydrogen-bond acceptors (Lipinski definition) is 4. The Bertz CT molecular complexity index is 923. The van der Waals surface area contributed by atoms with Gasteiger partial charge in [-0.2, -0.15) is 0 Å². The van der Waals surface area contributed by atoms with Crippen LogP contribution >= 0.6 is 23.2 Å². The van der Waals surface area contributed by atoms with Gasteiger partial charge in [-0.3, -0.25) is 15.6 Å². The Hall–Kier alpha value is -2.34. The summed E-state index contributed by atoms with van der Waals surface area (Å²) >= 11 is 12.2. The Balaban J connectivity index is 2.06. The van der Waals surface area contributed by atoms with Crippen LogP contribution in [0.25, 0.3) is 10.9 Å². The highest BCUT2D eigenvalue weighted by Crippen LogP contribution is 2.31. The molecule has 0 aliphatic heterocycles. The molecule has 0 aliphatic carbocycles. The van der Waals surface area contributed by atoms with Gasteiger partial charge in [0.15, 0.2) is 0 Å². The van der Waals surface area contributed by atoms with Gasteiger partial charge in [0.05, 0.1) is 32.5 Å². The molecule has 3 rings (SSSR count). The van der Waals surface area contributed by atoms with E-state index in [4.69, 9.17) is 29.0 Å². The Morgan fingerprint density at radius 3 is 2.46 bits per heavy atom. The molecule has 1 amide bonds. The predicted octanol–water partition coefficient (Wildman–Crippen LogP) is 4.39. The first-order valence-corrected chi connectivity index (χ1v) is 7.89. The number of carbonyl (C=O) groups is 1. The molecule has 2 aromatic carbocycles. The SMILES string of the molecule is Cc1cnc2c(NC(=O)c3c(Cl)cccc3Cl)cccc2c1NN. The number of pyridine rings is 1. The molecule has 1 heterocycles. The third kappa shape index (κ3) is 2.89. The zero-order valence-corrected chi connectivity index (χ0v) is 14.2. The van der Waals surface area contributed by atoms with Crippen LogP contribution in [0.5, 0.6) is 0 Å². The van der Waals surface area contributed by atoms with Crippen molar-refractivity contribution in [2.45, 2.75) is 6.92 Å². The van der Waals surface area contributed by atoms with E-state index in [1.165, 1.54) is 0 Å². The van der Waals surface area contributed by atoms with Crippen molar-refractivity contribution in [3.8, 4) is 0 Å². The molecule has 0 saturated carbocycles. The van der Waals surface area contributed by atoms with E-state index < -0.39 is 5.91 Å². The second kappa shape index (κ2) is 6.65. The first-order chi connectivity index (χ1) is 11.5. The van der Waals surface area contributed by atoms with Crippen molar-refractivity contribution >= 4 is 51.4 Å². The fourth-order valence-electron chi connectivity index (χ4n) is 2.51. The second-order valence-electron chi connectivity index (χ2n) is 5.21. The van der Waals surface area contributed by atoms with Crippen LogP contribution < -0.4 is 16.6 Å². The number of aromatic nitrogens is 1. The quantitative estimate of drug-likeness (QED) is 0.478. The lowest BCUT2D eigenvalue weighted by molar-refractivity contribution is 0.102. The Morgan fingerprint density at radius 2 is 1.79 bits per heavy atom. The molecular formula is C17H14Cl2N4O. The second-order valence-corrected chi connectivity index (χ2v) is 6.03. The summed E-state index contributed by atoms with van der Waals surface area (Å²) in [5, 5.41) is 4.19. The number of nitrogens with one attached hydrogen (secondary N) is 2. The third-order valence-corrected chi connectivity index (χ3v) is 4.30. The maximum atomic E-state index is 12.6. The van der Waals surface area contributed by atoms with Gasteiger partial charge in [0, 0.05) is 11.6 Å². The summed E-state index contributed by atoms with van der Waals surface area (Å²) in [6.45, 7) is 1.90. The molecule has 0 unspecified atom stereocenters. The third-order valence-electron chi connectivity index (χ3n) is 3.67. The van der Waals surface area contributed by atoms with Crippen molar-refractivity contribution in [2.24, 2.45) is 5.84 Å². The summed E-state index contributed by atoms with van der Waals surface area (Å²) in [6.07, 6.45) is 1.69. The summed E-state index contributed by atoms with van der Waals surface area (Å²) in [7, 11) is 0. The molecule has 0 fully saturated rings. The minimum atomic E-state index is -0.400. The average Bonchev–Trinajstić information content (AvgIpc) is 2.54. The van der Waals surface area contributed by atoms with Gasteiger partial charge in [-0.1, -0.05) is 41.4 Å². The fourth-order valence-corrected chi connectivity index (χ4v) is 3.08. The van der Waals surface area contributed by atoms with Crippen LogP contribution in [0.4, 0.5) is 11.4 Å². The van der Waals surface area contributed by atoms with Crippen molar-refractivity contribution < 1.29 is 4.79 Å². The zero-order valence-electron chi connectivity index (χ0n) is 12.7. The molecule has 5 nitrogen and oxygen atoms in total. The number of halogens is 2. The van der Waals surface area contributed by atoms with E-state index >= 15 is 0 Å². The number of nitrogen functional groups attached to an aromatic ring is 1. The molecule has 0 bridgehead atoms. The topological polar surface area (TPSA) is 80.0 Å². The number of nitrogens with zero attached hydrogens (tertiary/aromatic N) is 1. The summed E-state index contributed by atoms with van der Waals surface area (Å²) in [4.78, 5) is 17.0. The van der Waals surface area contributed by atoms with Crippen LogP contribution in [0.15, 0.2) is 42.6 Å². The maximum absolute atomic E-state index is 12.6. The molecular weight excluding hydrogens is 347 g/mol. The lowest BCUT2D eigenvalue weighted by atomic mass is 10.1. The van der Waals surface area contributed by atoms with Crippen molar-refractivity contribution in [2.75, 3.05) is 10.7 Å². The summed E-state index contributed by atoms with van der Waals surface area (Å²) in [5.41, 5.74) is 5.72. The molecule has 0 atom stereocenters. The van der Waals surface area contributed by atoms with Gasteiger partial charge in [-0.15, -0.1) is 0 Å². The van der Waals surface area contributed by atoms with Crippen molar-refractivity contribution in [3.63, 3.8) is 0 Å². The molecule has 0 saturated heterocycles. The van der Waals surface area contributed by atoms with Crippen LogP contribution in [0.1, 0.15) is 15.9 Å². The largest absolute Gasteiger partial charge is 0.323 e. The number of hydrazine groups is 1. The number of fused-ring (bicyclic) bond motifs is 1. The molecule has 1 aromatic heterocycles. The number of benzene rings is 2. The van der Waals surface area contributed by atoms with E-state index in [2.05, 4.69) is 15.7 Å². The highest BCUT2D eigenvalue weighted by molar-refractivity contribution is 6.40. The fraction of sp³-hybridized carbons (Fsp3) is 0.0588. The standard InChI is InChI=1S/C17H14Cl2N4O/c1-9-8-21-16-10(15(9)23-20)4-2-7-13(16)22-17(24)14-11(18)5-3-6-12(14)19/h2-8H,20H2,1H3,(H,21,23)(H,22,24). The van der Waals surface area contributed by atoms with E-state index in [0.29, 0.717) is 11.2 Å². The molecule has 122 valence electrons. The van der Waals surface area contributed by atoms with Crippen LogP contribution in [-0.2, 0) is 0 Å². The number of para-hydroxylation sites is 1. The van der Waals surface area contributed by atoms with Gasteiger partial charge < -0.3 is 10.7 Å². The number of hydrogen-bond donors (Lipinski definition) is 3. The van der Waals surface area contributed by atoms with Gasteiger partial charge in [0.2, 0.25) is 0 Å². The van der Waals surface area contributed by atoms with Crippen molar-refractivity contribution in [1.82, 2.24) is 4.98 Å². The molecule has 7 heteroatoms. The van der Waals surface area contributed by atoms with Gasteiger partial charge in [0.1, 0.15) is 0 Å². The van der Waals surface area contributed by atoms with Crippen molar-refractivity contribution in [3.05, 3.63) is 63.8 Å². The van der Waals surface area contributed by atoms with E-state index in [9.17, 15) is 4.79 Å². The number of rotatable bonds is 3. The normalized spacial score (nSPS) is 10.7. The van der Waals surface area contributed by atoms with Gasteiger partial charge in [-0.05, 0) is 30.7 Å². The minimum absolute atomic E-state index is 0.224. The lowest BCUT2D eigenvalue weighted by Gasteiger charge is -2.13. The van der Waals surface area contributed by atoms with E-state index in [1.54, 1.807) is 30.5 Å². The highest BCUT2D eigenvalue weighted by atomic mass is 35.5. The Kier molecular flexibility index (Phi) is 4.57. The molecule has 4 N–H and O–H groups in total. The summed E-state index contributed by atoms with van der Waals surface area (Å²) < 4.78 is 0. The molecule has 0 aliphatic rings. The highest BCUT2D eigenvalue weighted by Gasteiger charge is 2.16. The smallest absolute Gasteiger partial charge is 0.258 e. The minimum Gasteiger partial charge on any atom is -0.323 e. The average molecular weight is 361 g/mol. The molecule has 3 aromatic rings. The number of anilines is 2. The predicted molar refractivity (Wildman–Crippen MR) is 98.7 cm³/mol. The van der Waals surface area contributed by atoms with Crippen LogP contribution in [-0.4, -0.2) is 10.9 Å². The summed E-state index contributed by atoms with van der Waals surface area (Å²) in [6, 6.07) is 10.4. The maximum Gasteiger partial charge on any atom is 0.258 e. The van der Waals surface area contributed by atoms with Gasteiger partial charge in [-0.25, -0.2) is 0 Å². The van der Waals surface area contributed by atoms with Crippen LogP contribution in [0, 0.1) is 6.92 Å². The van der Waals surface area contributed by atoms with E-state index in [1.807, 2.05) is 19.1 Å².